The molecule has 0 aliphatic heterocycles. The largest absolute Gasteiger partial charge is 0.389 e. The Morgan fingerprint density at radius 2 is 1.85 bits per heavy atom. The van der Waals surface area contributed by atoms with Gasteiger partial charge in [0.2, 0.25) is 0 Å². The molecule has 0 heterocycles. The Bertz CT molecular complexity index is 118. The van der Waals surface area contributed by atoms with Crippen LogP contribution in [0.2, 0.25) is 0 Å². The molecule has 2 N–H and O–H groups in total. The maximum absolute atomic E-state index is 9.85. The van der Waals surface area contributed by atoms with Crippen LogP contribution in [0.3, 0.4) is 0 Å². The highest BCUT2D eigenvalue weighted by molar-refractivity contribution is 4.83. The molecule has 0 saturated carbocycles. The standard InChI is InChI=1S/C11H25NO/c1-5-7-9-12-10(8-6-2)11(3,4)13/h10,12-13H,5-9H2,1-4H3. The van der Waals surface area contributed by atoms with Crippen molar-refractivity contribution in [2.45, 2.75) is 65.0 Å². The Morgan fingerprint density at radius 3 is 2.23 bits per heavy atom. The zero-order valence-corrected chi connectivity index (χ0v) is 9.56. The predicted molar refractivity (Wildman–Crippen MR) is 57.9 cm³/mol. The maximum atomic E-state index is 9.85. The summed E-state index contributed by atoms with van der Waals surface area (Å²) in [6.07, 6.45) is 4.56. The van der Waals surface area contributed by atoms with E-state index in [0.29, 0.717) is 0 Å². The molecule has 0 spiro atoms. The number of rotatable bonds is 7. The van der Waals surface area contributed by atoms with Crippen molar-refractivity contribution < 1.29 is 5.11 Å². The Balaban J connectivity index is 3.81. The van der Waals surface area contributed by atoms with Crippen LogP contribution in [-0.2, 0) is 0 Å². The predicted octanol–water partition coefficient (Wildman–Crippen LogP) is 2.32. The molecule has 0 radical (unpaired) electrons. The Hall–Kier alpha value is -0.0800. The van der Waals surface area contributed by atoms with Gasteiger partial charge in [-0.1, -0.05) is 26.7 Å². The summed E-state index contributed by atoms with van der Waals surface area (Å²) >= 11 is 0. The maximum Gasteiger partial charge on any atom is 0.0744 e. The Labute approximate surface area is 82.7 Å². The van der Waals surface area contributed by atoms with Crippen molar-refractivity contribution in [2.24, 2.45) is 0 Å². The smallest absolute Gasteiger partial charge is 0.0744 e. The molecule has 0 aromatic carbocycles. The number of hydrogen-bond acceptors (Lipinski definition) is 2. The molecule has 0 aromatic rings. The van der Waals surface area contributed by atoms with Gasteiger partial charge in [-0.3, -0.25) is 0 Å². The lowest BCUT2D eigenvalue weighted by molar-refractivity contribution is 0.0341. The molecule has 0 fully saturated rings. The van der Waals surface area contributed by atoms with Gasteiger partial charge in [-0.2, -0.15) is 0 Å². The van der Waals surface area contributed by atoms with E-state index >= 15 is 0 Å². The molecular formula is C11H25NO. The minimum absolute atomic E-state index is 0.240. The minimum atomic E-state index is -0.594. The topological polar surface area (TPSA) is 32.3 Å². The molecule has 2 nitrogen and oxygen atoms in total. The molecule has 0 bridgehead atoms. The first-order valence-corrected chi connectivity index (χ1v) is 5.48. The number of nitrogens with one attached hydrogen (secondary N) is 1. The first-order chi connectivity index (χ1) is 6.02. The Morgan fingerprint density at radius 1 is 1.23 bits per heavy atom. The van der Waals surface area contributed by atoms with Crippen molar-refractivity contribution in [1.82, 2.24) is 5.32 Å². The van der Waals surface area contributed by atoms with E-state index in [4.69, 9.17) is 0 Å². The molecule has 0 amide bonds. The van der Waals surface area contributed by atoms with Crippen molar-refractivity contribution in [3.8, 4) is 0 Å². The molecule has 13 heavy (non-hydrogen) atoms. The summed E-state index contributed by atoms with van der Waals surface area (Å²) in [7, 11) is 0. The lowest BCUT2D eigenvalue weighted by atomic mass is 9.95. The summed E-state index contributed by atoms with van der Waals surface area (Å²) in [5.74, 6) is 0. The van der Waals surface area contributed by atoms with Crippen molar-refractivity contribution >= 4 is 0 Å². The molecule has 0 aromatic heterocycles. The van der Waals surface area contributed by atoms with Crippen LogP contribution in [0.25, 0.3) is 0 Å². The molecule has 0 saturated heterocycles. The molecule has 1 unspecified atom stereocenters. The average molecular weight is 187 g/mol. The van der Waals surface area contributed by atoms with Crippen molar-refractivity contribution in [1.29, 1.82) is 0 Å². The summed E-state index contributed by atoms with van der Waals surface area (Å²) < 4.78 is 0. The molecule has 1 atom stereocenters. The third-order valence-electron chi connectivity index (χ3n) is 2.35. The van der Waals surface area contributed by atoms with Crippen LogP contribution in [0.5, 0.6) is 0 Å². The highest BCUT2D eigenvalue weighted by atomic mass is 16.3. The van der Waals surface area contributed by atoms with Crippen LogP contribution in [-0.4, -0.2) is 23.3 Å². The lowest BCUT2D eigenvalue weighted by Gasteiger charge is -2.30. The van der Waals surface area contributed by atoms with E-state index in [1.165, 1.54) is 12.8 Å². The normalized spacial score (nSPS) is 14.5. The number of aliphatic hydroxyl groups is 1. The van der Waals surface area contributed by atoms with Crippen LogP contribution in [0, 0.1) is 0 Å². The second kappa shape index (κ2) is 6.39. The SMILES string of the molecule is CCCCNC(CCC)C(C)(C)O. The number of hydrogen-bond donors (Lipinski definition) is 2. The van der Waals surface area contributed by atoms with Gasteiger partial charge in [-0.25, -0.2) is 0 Å². The van der Waals surface area contributed by atoms with E-state index in [9.17, 15) is 5.11 Å². The van der Waals surface area contributed by atoms with E-state index < -0.39 is 5.60 Å². The van der Waals surface area contributed by atoms with Crippen LogP contribution in [0.1, 0.15) is 53.4 Å². The van der Waals surface area contributed by atoms with E-state index in [1.54, 1.807) is 0 Å². The van der Waals surface area contributed by atoms with Gasteiger partial charge in [0.15, 0.2) is 0 Å². The third-order valence-corrected chi connectivity index (χ3v) is 2.35. The van der Waals surface area contributed by atoms with Crippen molar-refractivity contribution in [2.75, 3.05) is 6.54 Å². The summed E-state index contributed by atoms with van der Waals surface area (Å²) in [6, 6.07) is 0.240. The van der Waals surface area contributed by atoms with Gasteiger partial charge >= 0.3 is 0 Å². The van der Waals surface area contributed by atoms with Gasteiger partial charge < -0.3 is 10.4 Å². The zero-order valence-electron chi connectivity index (χ0n) is 9.56. The molecule has 80 valence electrons. The highest BCUT2D eigenvalue weighted by Gasteiger charge is 2.24. The summed E-state index contributed by atoms with van der Waals surface area (Å²) in [5.41, 5.74) is -0.594. The highest BCUT2D eigenvalue weighted by Crippen LogP contribution is 2.13. The molecular weight excluding hydrogens is 162 g/mol. The van der Waals surface area contributed by atoms with Crippen LogP contribution in [0.15, 0.2) is 0 Å². The van der Waals surface area contributed by atoms with Gasteiger partial charge in [0.05, 0.1) is 5.60 Å². The summed E-state index contributed by atoms with van der Waals surface area (Å²) in [6.45, 7) is 9.12. The fourth-order valence-electron chi connectivity index (χ4n) is 1.45. The van der Waals surface area contributed by atoms with Crippen molar-refractivity contribution in [3.63, 3.8) is 0 Å². The Kier molecular flexibility index (Phi) is 6.35. The molecule has 0 aliphatic carbocycles. The first kappa shape index (κ1) is 12.9. The number of unbranched alkanes of at least 4 members (excludes halogenated alkanes) is 1. The monoisotopic (exact) mass is 187 g/mol. The summed E-state index contributed by atoms with van der Waals surface area (Å²) in [5, 5.41) is 13.3. The van der Waals surface area contributed by atoms with E-state index in [1.807, 2.05) is 13.8 Å². The molecule has 0 aliphatic rings. The van der Waals surface area contributed by atoms with Crippen LogP contribution >= 0.6 is 0 Å². The average Bonchev–Trinajstić information content (AvgIpc) is 2.01. The molecule has 2 heteroatoms. The van der Waals surface area contributed by atoms with Crippen LogP contribution < -0.4 is 5.32 Å². The second-order valence-corrected chi connectivity index (χ2v) is 4.30. The fraction of sp³-hybridized carbons (Fsp3) is 1.00. The van der Waals surface area contributed by atoms with Gasteiger partial charge in [-0.15, -0.1) is 0 Å². The van der Waals surface area contributed by atoms with E-state index in [-0.39, 0.29) is 6.04 Å². The molecule has 0 rings (SSSR count). The quantitative estimate of drug-likeness (QED) is 0.599. The fourth-order valence-corrected chi connectivity index (χ4v) is 1.45. The first-order valence-electron chi connectivity index (χ1n) is 5.48. The lowest BCUT2D eigenvalue weighted by Crippen LogP contribution is -2.46. The second-order valence-electron chi connectivity index (χ2n) is 4.30. The van der Waals surface area contributed by atoms with Crippen molar-refractivity contribution in [3.05, 3.63) is 0 Å². The van der Waals surface area contributed by atoms with E-state index in [0.717, 1.165) is 19.4 Å². The van der Waals surface area contributed by atoms with Gasteiger partial charge in [0.1, 0.15) is 0 Å². The van der Waals surface area contributed by atoms with E-state index in [2.05, 4.69) is 19.2 Å². The van der Waals surface area contributed by atoms with Crippen LogP contribution in [0.4, 0.5) is 0 Å². The van der Waals surface area contributed by atoms with Gasteiger partial charge in [0, 0.05) is 6.04 Å². The van der Waals surface area contributed by atoms with Gasteiger partial charge in [0.25, 0.3) is 0 Å². The summed E-state index contributed by atoms with van der Waals surface area (Å²) in [4.78, 5) is 0. The third kappa shape index (κ3) is 6.05. The minimum Gasteiger partial charge on any atom is -0.389 e. The van der Waals surface area contributed by atoms with Gasteiger partial charge in [-0.05, 0) is 33.2 Å². The zero-order chi connectivity index (χ0) is 10.3.